The maximum Gasteiger partial charge on any atom is 0.159 e. The summed E-state index contributed by atoms with van der Waals surface area (Å²) in [6, 6.07) is 9.72. The molecule has 1 aliphatic rings. The number of ketones is 1. The molecule has 0 heterocycles. The third-order valence-electron chi connectivity index (χ3n) is 3.28. The minimum Gasteiger partial charge on any atom is -0.461 e. The smallest absolute Gasteiger partial charge is 0.159 e. The van der Waals surface area contributed by atoms with Gasteiger partial charge in [-0.1, -0.05) is 50.8 Å². The number of rotatable bonds is 3. The molecule has 0 atom stereocenters. The Bertz CT molecular complexity index is 495. The van der Waals surface area contributed by atoms with Gasteiger partial charge in [-0.2, -0.15) is 0 Å². The molecule has 0 aliphatic heterocycles. The molecule has 0 aromatic heterocycles. The maximum atomic E-state index is 11.5. The zero-order valence-corrected chi connectivity index (χ0v) is 10.9. The molecule has 18 heavy (non-hydrogen) atoms. The number of carbonyl (C=O) groups excluding carboxylic acids is 1. The monoisotopic (exact) mass is 242 g/mol. The molecule has 0 N–H and O–H groups in total. The fourth-order valence-electron chi connectivity index (χ4n) is 1.96. The topological polar surface area (TPSA) is 26.3 Å². The number of hydrogen-bond acceptors (Lipinski definition) is 2. The fourth-order valence-corrected chi connectivity index (χ4v) is 1.96. The molecule has 0 amide bonds. The normalized spacial score (nSPS) is 18.1. The van der Waals surface area contributed by atoms with Crippen molar-refractivity contribution in [3.05, 3.63) is 54.3 Å². The molecule has 0 bridgehead atoms. The molecule has 94 valence electrons. The van der Waals surface area contributed by atoms with Crippen LogP contribution in [0.1, 0.15) is 32.3 Å². The number of ether oxygens (including phenoxy) is 1. The van der Waals surface area contributed by atoms with Gasteiger partial charge < -0.3 is 4.74 Å². The Hall–Kier alpha value is -1.83. The standard InChI is InChI=1S/C16H18O2/c1-12(13-7-5-4-6-8-13)18-15-11-14(17)9-10-16(15,2)3/h4-8,11H,1,9-10H2,2-3H3. The summed E-state index contributed by atoms with van der Waals surface area (Å²) >= 11 is 0. The third-order valence-corrected chi connectivity index (χ3v) is 3.28. The van der Waals surface area contributed by atoms with Gasteiger partial charge in [-0.05, 0) is 6.42 Å². The summed E-state index contributed by atoms with van der Waals surface area (Å²) in [4.78, 5) is 11.5. The van der Waals surface area contributed by atoms with Crippen LogP contribution in [0.5, 0.6) is 0 Å². The van der Waals surface area contributed by atoms with Gasteiger partial charge in [-0.3, -0.25) is 4.79 Å². The van der Waals surface area contributed by atoms with E-state index >= 15 is 0 Å². The Morgan fingerprint density at radius 3 is 2.61 bits per heavy atom. The predicted molar refractivity (Wildman–Crippen MR) is 72.7 cm³/mol. The maximum absolute atomic E-state index is 11.5. The molecule has 0 saturated carbocycles. The largest absolute Gasteiger partial charge is 0.461 e. The second-order valence-electron chi connectivity index (χ2n) is 5.25. The van der Waals surface area contributed by atoms with Crippen LogP contribution < -0.4 is 0 Å². The average Bonchev–Trinajstić information content (AvgIpc) is 2.35. The molecule has 2 rings (SSSR count). The lowest BCUT2D eigenvalue weighted by molar-refractivity contribution is -0.116. The molecule has 2 nitrogen and oxygen atoms in total. The van der Waals surface area contributed by atoms with Crippen molar-refractivity contribution in [3.63, 3.8) is 0 Å². The molecule has 0 unspecified atom stereocenters. The van der Waals surface area contributed by atoms with E-state index in [1.165, 1.54) is 0 Å². The van der Waals surface area contributed by atoms with Crippen molar-refractivity contribution >= 4 is 11.5 Å². The van der Waals surface area contributed by atoms with Crippen molar-refractivity contribution in [2.45, 2.75) is 26.7 Å². The molecule has 1 aromatic rings. The predicted octanol–water partition coefficient (Wildman–Crippen LogP) is 3.95. The van der Waals surface area contributed by atoms with Crippen molar-refractivity contribution < 1.29 is 9.53 Å². The van der Waals surface area contributed by atoms with Gasteiger partial charge in [0.2, 0.25) is 0 Å². The molecule has 0 radical (unpaired) electrons. The SMILES string of the molecule is C=C(OC1=CC(=O)CCC1(C)C)c1ccccc1. The van der Waals surface area contributed by atoms with E-state index in [2.05, 4.69) is 20.4 Å². The average molecular weight is 242 g/mol. The molecule has 1 aromatic carbocycles. The van der Waals surface area contributed by atoms with Crippen LogP contribution in [0.15, 0.2) is 48.7 Å². The first-order chi connectivity index (χ1) is 8.49. The van der Waals surface area contributed by atoms with E-state index in [9.17, 15) is 4.79 Å². The van der Waals surface area contributed by atoms with Crippen LogP contribution >= 0.6 is 0 Å². The zero-order valence-electron chi connectivity index (χ0n) is 10.9. The van der Waals surface area contributed by atoms with E-state index in [4.69, 9.17) is 4.74 Å². The van der Waals surface area contributed by atoms with Crippen LogP contribution in [0, 0.1) is 5.41 Å². The Labute approximate surface area is 108 Å². The van der Waals surface area contributed by atoms with Crippen molar-refractivity contribution in [1.82, 2.24) is 0 Å². The lowest BCUT2D eigenvalue weighted by Crippen LogP contribution is -2.23. The molecular formula is C16H18O2. The molecular weight excluding hydrogens is 224 g/mol. The summed E-state index contributed by atoms with van der Waals surface area (Å²) in [6.45, 7) is 8.11. The Balaban J connectivity index is 2.18. The van der Waals surface area contributed by atoms with E-state index in [1.807, 2.05) is 30.3 Å². The van der Waals surface area contributed by atoms with Gasteiger partial charge in [0.15, 0.2) is 5.78 Å². The molecule has 1 aliphatic carbocycles. The summed E-state index contributed by atoms with van der Waals surface area (Å²) in [5, 5.41) is 0. The van der Waals surface area contributed by atoms with Gasteiger partial charge in [0, 0.05) is 23.5 Å². The van der Waals surface area contributed by atoms with Crippen molar-refractivity contribution in [2.24, 2.45) is 5.41 Å². The van der Waals surface area contributed by atoms with Crippen LogP contribution in [0.3, 0.4) is 0 Å². The summed E-state index contributed by atoms with van der Waals surface area (Å²) in [6.07, 6.45) is 3.02. The molecule has 2 heteroatoms. The zero-order chi connectivity index (χ0) is 13.2. The number of hydrogen-bond donors (Lipinski definition) is 0. The van der Waals surface area contributed by atoms with Gasteiger partial charge in [0.25, 0.3) is 0 Å². The highest BCUT2D eigenvalue weighted by Crippen LogP contribution is 2.38. The van der Waals surface area contributed by atoms with E-state index in [-0.39, 0.29) is 11.2 Å². The van der Waals surface area contributed by atoms with Crippen LogP contribution in [0.25, 0.3) is 5.76 Å². The van der Waals surface area contributed by atoms with E-state index < -0.39 is 0 Å². The van der Waals surface area contributed by atoms with Crippen molar-refractivity contribution in [1.29, 1.82) is 0 Å². The molecule has 0 fully saturated rings. The van der Waals surface area contributed by atoms with Crippen LogP contribution in [-0.2, 0) is 9.53 Å². The highest BCUT2D eigenvalue weighted by Gasteiger charge is 2.31. The second kappa shape index (κ2) is 4.81. The first-order valence-corrected chi connectivity index (χ1v) is 6.16. The minimum absolute atomic E-state index is 0.106. The van der Waals surface area contributed by atoms with Crippen molar-refractivity contribution in [3.8, 4) is 0 Å². The Morgan fingerprint density at radius 2 is 1.94 bits per heavy atom. The number of allylic oxidation sites excluding steroid dienone is 2. The quantitative estimate of drug-likeness (QED) is 0.750. The van der Waals surface area contributed by atoms with Gasteiger partial charge >= 0.3 is 0 Å². The summed E-state index contributed by atoms with van der Waals surface area (Å²) in [5.41, 5.74) is 0.832. The number of benzene rings is 1. The number of carbonyl (C=O) groups is 1. The minimum atomic E-state index is -0.106. The molecule has 0 spiro atoms. The summed E-state index contributed by atoms with van der Waals surface area (Å²) < 4.78 is 5.81. The fraction of sp³-hybridized carbons (Fsp3) is 0.312. The Kier molecular flexibility index (Phi) is 3.37. The lowest BCUT2D eigenvalue weighted by Gasteiger charge is -2.30. The van der Waals surface area contributed by atoms with Crippen LogP contribution in [0.2, 0.25) is 0 Å². The van der Waals surface area contributed by atoms with Crippen molar-refractivity contribution in [2.75, 3.05) is 0 Å². The highest BCUT2D eigenvalue weighted by molar-refractivity contribution is 5.91. The third kappa shape index (κ3) is 2.70. The molecule has 0 saturated heterocycles. The lowest BCUT2D eigenvalue weighted by atomic mass is 9.80. The second-order valence-corrected chi connectivity index (χ2v) is 5.25. The van der Waals surface area contributed by atoms with Gasteiger partial charge in [-0.15, -0.1) is 0 Å². The van der Waals surface area contributed by atoms with Gasteiger partial charge in [0.1, 0.15) is 11.5 Å². The van der Waals surface area contributed by atoms with Crippen LogP contribution in [-0.4, -0.2) is 5.78 Å². The van der Waals surface area contributed by atoms with Gasteiger partial charge in [-0.25, -0.2) is 0 Å². The van der Waals surface area contributed by atoms with E-state index in [0.717, 1.165) is 12.0 Å². The first kappa shape index (κ1) is 12.6. The van der Waals surface area contributed by atoms with Gasteiger partial charge in [0.05, 0.1) is 0 Å². The Morgan fingerprint density at radius 1 is 1.28 bits per heavy atom. The van der Waals surface area contributed by atoms with E-state index in [1.54, 1.807) is 6.08 Å². The van der Waals surface area contributed by atoms with Crippen LogP contribution in [0.4, 0.5) is 0 Å². The van der Waals surface area contributed by atoms with E-state index in [0.29, 0.717) is 17.9 Å². The first-order valence-electron chi connectivity index (χ1n) is 6.16. The highest BCUT2D eigenvalue weighted by atomic mass is 16.5. The summed E-state index contributed by atoms with van der Waals surface area (Å²) in [5.74, 6) is 1.43. The summed E-state index contributed by atoms with van der Waals surface area (Å²) in [7, 11) is 0.